The molecule has 12 heteroatoms. The molecule has 0 unspecified atom stereocenters. The molecule has 0 spiro atoms. The van der Waals surface area contributed by atoms with Crippen molar-refractivity contribution in [1.29, 1.82) is 0 Å². The Hall–Kier alpha value is -3.67. The van der Waals surface area contributed by atoms with Crippen molar-refractivity contribution in [3.63, 3.8) is 0 Å². The second kappa shape index (κ2) is 9.41. The summed E-state index contributed by atoms with van der Waals surface area (Å²) in [7, 11) is 0. The molecule has 3 aromatic rings. The molecule has 1 aromatic carbocycles. The molecule has 0 aliphatic carbocycles. The fourth-order valence-electron chi connectivity index (χ4n) is 4.83. The fraction of sp³-hybridized carbons (Fsp3) is 0.417. The van der Waals surface area contributed by atoms with Gasteiger partial charge in [0.15, 0.2) is 0 Å². The van der Waals surface area contributed by atoms with Crippen LogP contribution in [-0.2, 0) is 12.6 Å². The standard InChI is InChI=1S/C24H25F3N6O3/c1-14-2-3-18-19(33(14)23(34)35)5-4-17(15-12-30-32(13-15)16-6-9-28-10-7-16)21(18)36-20-8-11-29-22(31-20)24(25,26)27/h4-5,8,11-14,16,28H,2-3,6-7,9-10H2,1H3,(H,34,35)/t14-/m0/s1. The smallest absolute Gasteiger partial charge is 0.451 e. The SMILES string of the molecule is C[C@H]1CCc2c(ccc(-c3cnn(C4CCNCC4)c3)c2Oc2ccnc(C(F)(F)F)n2)N1C(=O)O. The molecule has 36 heavy (non-hydrogen) atoms. The maximum atomic E-state index is 13.2. The summed E-state index contributed by atoms with van der Waals surface area (Å²) < 4.78 is 47.6. The Labute approximate surface area is 204 Å². The number of halogens is 3. The van der Waals surface area contributed by atoms with Gasteiger partial charge in [0.2, 0.25) is 11.7 Å². The number of aromatic nitrogens is 4. The summed E-state index contributed by atoms with van der Waals surface area (Å²) in [4.78, 5) is 20.1. The predicted octanol–water partition coefficient (Wildman–Crippen LogP) is 4.89. The van der Waals surface area contributed by atoms with E-state index in [9.17, 15) is 23.1 Å². The largest absolute Gasteiger partial charge is 0.465 e. The molecule has 9 nitrogen and oxygen atoms in total. The number of carboxylic acid groups (broad SMARTS) is 1. The van der Waals surface area contributed by atoms with Crippen molar-refractivity contribution in [2.75, 3.05) is 18.0 Å². The molecule has 1 fully saturated rings. The minimum absolute atomic E-state index is 0.238. The third-order valence-corrected chi connectivity index (χ3v) is 6.64. The first-order valence-electron chi connectivity index (χ1n) is 11.7. The first kappa shape index (κ1) is 24.0. The molecular weight excluding hydrogens is 477 g/mol. The van der Waals surface area contributed by atoms with E-state index in [1.807, 2.05) is 17.8 Å². The zero-order chi connectivity index (χ0) is 25.4. The van der Waals surface area contributed by atoms with Gasteiger partial charge in [-0.25, -0.2) is 9.78 Å². The highest BCUT2D eigenvalue weighted by atomic mass is 19.4. The van der Waals surface area contributed by atoms with Crippen LogP contribution in [0.4, 0.5) is 23.7 Å². The van der Waals surface area contributed by atoms with Crippen molar-refractivity contribution < 1.29 is 27.8 Å². The molecule has 2 aromatic heterocycles. The topological polar surface area (TPSA) is 105 Å². The number of hydrogen-bond acceptors (Lipinski definition) is 6. The molecule has 190 valence electrons. The summed E-state index contributed by atoms with van der Waals surface area (Å²) in [6.45, 7) is 3.60. The van der Waals surface area contributed by atoms with Gasteiger partial charge in [0, 0.05) is 41.2 Å². The first-order chi connectivity index (χ1) is 17.2. The monoisotopic (exact) mass is 502 g/mol. The molecule has 0 saturated carbocycles. The lowest BCUT2D eigenvalue weighted by atomic mass is 9.92. The number of alkyl halides is 3. The minimum Gasteiger partial charge on any atom is -0.465 e. The maximum absolute atomic E-state index is 13.2. The van der Waals surface area contributed by atoms with Crippen LogP contribution in [0.25, 0.3) is 11.1 Å². The average molecular weight is 502 g/mol. The number of fused-ring (bicyclic) bond motifs is 1. The van der Waals surface area contributed by atoms with Crippen molar-refractivity contribution in [2.24, 2.45) is 0 Å². The summed E-state index contributed by atoms with van der Waals surface area (Å²) in [5.74, 6) is -1.33. The Morgan fingerprint density at radius 1 is 1.19 bits per heavy atom. The summed E-state index contributed by atoms with van der Waals surface area (Å²) in [6.07, 6.45) is 1.62. The van der Waals surface area contributed by atoms with E-state index in [1.54, 1.807) is 18.3 Å². The Bertz CT molecular complexity index is 1270. The highest BCUT2D eigenvalue weighted by molar-refractivity contribution is 5.91. The lowest BCUT2D eigenvalue weighted by Crippen LogP contribution is -2.41. The van der Waals surface area contributed by atoms with Gasteiger partial charge < -0.3 is 15.2 Å². The number of ether oxygens (including phenoxy) is 1. The van der Waals surface area contributed by atoms with Gasteiger partial charge in [-0.3, -0.25) is 9.58 Å². The average Bonchev–Trinajstić information content (AvgIpc) is 3.34. The van der Waals surface area contributed by atoms with Crippen LogP contribution in [0, 0.1) is 0 Å². The lowest BCUT2D eigenvalue weighted by molar-refractivity contribution is -0.145. The predicted molar refractivity (Wildman–Crippen MR) is 124 cm³/mol. The summed E-state index contributed by atoms with van der Waals surface area (Å²) in [5, 5.41) is 17.7. The molecule has 1 saturated heterocycles. The zero-order valence-electron chi connectivity index (χ0n) is 19.5. The molecule has 2 N–H and O–H groups in total. The number of piperidine rings is 1. The van der Waals surface area contributed by atoms with Crippen LogP contribution in [0.5, 0.6) is 11.6 Å². The van der Waals surface area contributed by atoms with Gasteiger partial charge >= 0.3 is 12.3 Å². The summed E-state index contributed by atoms with van der Waals surface area (Å²) >= 11 is 0. The normalized spacial score (nSPS) is 18.7. The third-order valence-electron chi connectivity index (χ3n) is 6.64. The zero-order valence-corrected chi connectivity index (χ0v) is 19.5. The second-order valence-electron chi connectivity index (χ2n) is 8.99. The molecule has 4 heterocycles. The van der Waals surface area contributed by atoms with Crippen LogP contribution in [0.15, 0.2) is 36.8 Å². The lowest BCUT2D eigenvalue weighted by Gasteiger charge is -2.34. The van der Waals surface area contributed by atoms with E-state index >= 15 is 0 Å². The summed E-state index contributed by atoms with van der Waals surface area (Å²) in [6, 6.07) is 4.66. The van der Waals surface area contributed by atoms with Gasteiger partial charge in [0.1, 0.15) is 5.75 Å². The molecule has 1 atom stereocenters. The van der Waals surface area contributed by atoms with Crippen LogP contribution < -0.4 is 15.0 Å². The molecular formula is C24H25F3N6O3. The number of nitrogens with one attached hydrogen (secondary N) is 1. The van der Waals surface area contributed by atoms with Crippen molar-refractivity contribution in [3.8, 4) is 22.8 Å². The summed E-state index contributed by atoms with van der Waals surface area (Å²) in [5.41, 5.74) is 2.35. The van der Waals surface area contributed by atoms with E-state index in [2.05, 4.69) is 20.4 Å². The van der Waals surface area contributed by atoms with Crippen molar-refractivity contribution in [1.82, 2.24) is 25.1 Å². The van der Waals surface area contributed by atoms with Crippen LogP contribution in [0.2, 0.25) is 0 Å². The Morgan fingerprint density at radius 2 is 1.97 bits per heavy atom. The number of nitrogens with zero attached hydrogens (tertiary/aromatic N) is 5. The number of carbonyl (C=O) groups is 1. The number of rotatable bonds is 4. The minimum atomic E-state index is -4.73. The van der Waals surface area contributed by atoms with Crippen LogP contribution in [0.1, 0.15) is 43.6 Å². The Kier molecular flexibility index (Phi) is 6.29. The number of anilines is 1. The van der Waals surface area contributed by atoms with E-state index in [-0.39, 0.29) is 23.7 Å². The third kappa shape index (κ3) is 4.60. The molecule has 5 rings (SSSR count). The molecule has 0 radical (unpaired) electrons. The van der Waals surface area contributed by atoms with Crippen molar-refractivity contribution in [3.05, 3.63) is 48.2 Å². The van der Waals surface area contributed by atoms with E-state index in [1.165, 1.54) is 11.0 Å². The number of benzene rings is 1. The number of amides is 1. The Balaban J connectivity index is 1.60. The molecule has 2 aliphatic heterocycles. The van der Waals surface area contributed by atoms with Gasteiger partial charge in [-0.1, -0.05) is 0 Å². The first-order valence-corrected chi connectivity index (χ1v) is 11.7. The quantitative estimate of drug-likeness (QED) is 0.523. The highest BCUT2D eigenvalue weighted by Gasteiger charge is 2.36. The van der Waals surface area contributed by atoms with Crippen molar-refractivity contribution in [2.45, 2.75) is 50.9 Å². The van der Waals surface area contributed by atoms with E-state index in [0.29, 0.717) is 29.7 Å². The Morgan fingerprint density at radius 3 is 2.69 bits per heavy atom. The van der Waals surface area contributed by atoms with E-state index < -0.39 is 18.1 Å². The molecule has 2 aliphatic rings. The van der Waals surface area contributed by atoms with E-state index in [0.717, 1.165) is 37.7 Å². The van der Waals surface area contributed by atoms with Gasteiger partial charge in [-0.2, -0.15) is 23.3 Å². The van der Waals surface area contributed by atoms with Crippen molar-refractivity contribution >= 4 is 11.8 Å². The van der Waals surface area contributed by atoms with Gasteiger partial charge in [0.05, 0.1) is 17.9 Å². The van der Waals surface area contributed by atoms with E-state index in [4.69, 9.17) is 4.74 Å². The second-order valence-corrected chi connectivity index (χ2v) is 8.99. The van der Waals surface area contributed by atoms with Crippen LogP contribution in [-0.4, -0.2) is 50.1 Å². The molecule has 0 bridgehead atoms. The fourth-order valence-corrected chi connectivity index (χ4v) is 4.83. The maximum Gasteiger partial charge on any atom is 0.451 e. The van der Waals surface area contributed by atoms with Gasteiger partial charge in [0.25, 0.3) is 0 Å². The van der Waals surface area contributed by atoms with Crippen LogP contribution >= 0.6 is 0 Å². The highest BCUT2D eigenvalue weighted by Crippen LogP contribution is 2.45. The van der Waals surface area contributed by atoms with Gasteiger partial charge in [-0.05, 0) is 57.8 Å². The van der Waals surface area contributed by atoms with Gasteiger partial charge in [-0.15, -0.1) is 0 Å². The number of hydrogen-bond donors (Lipinski definition) is 2. The van der Waals surface area contributed by atoms with Crippen LogP contribution in [0.3, 0.4) is 0 Å². The molecule has 1 amide bonds.